The van der Waals surface area contributed by atoms with E-state index in [1.807, 2.05) is 0 Å². The van der Waals surface area contributed by atoms with Crippen molar-refractivity contribution >= 4 is 0 Å². The summed E-state index contributed by atoms with van der Waals surface area (Å²) in [6, 6.07) is 10.8. The zero-order chi connectivity index (χ0) is 11.9. The van der Waals surface area contributed by atoms with E-state index in [2.05, 4.69) is 42.2 Å². The Bertz CT molecular complexity index is 385. The molecule has 0 radical (unpaired) electrons. The van der Waals surface area contributed by atoms with Gasteiger partial charge >= 0.3 is 0 Å². The molecule has 2 aliphatic rings. The molecule has 2 N–H and O–H groups in total. The summed E-state index contributed by atoms with van der Waals surface area (Å²) in [5, 5.41) is 0. The molecular weight excluding hydrogens is 208 g/mol. The highest BCUT2D eigenvalue weighted by Crippen LogP contribution is 2.43. The fourth-order valence-corrected chi connectivity index (χ4v) is 3.65. The molecule has 3 rings (SSSR count). The number of hydrogen-bond acceptors (Lipinski definition) is 2. The Morgan fingerprint density at radius 3 is 2.76 bits per heavy atom. The average Bonchev–Trinajstić information content (AvgIpc) is 2.82. The monoisotopic (exact) mass is 230 g/mol. The van der Waals surface area contributed by atoms with Crippen molar-refractivity contribution in [1.29, 1.82) is 0 Å². The van der Waals surface area contributed by atoms with Crippen molar-refractivity contribution in [2.75, 3.05) is 13.1 Å². The van der Waals surface area contributed by atoms with E-state index in [1.165, 1.54) is 31.5 Å². The summed E-state index contributed by atoms with van der Waals surface area (Å²) in [6.07, 6.45) is 2.53. The quantitative estimate of drug-likeness (QED) is 0.844. The summed E-state index contributed by atoms with van der Waals surface area (Å²) in [7, 11) is 0. The predicted octanol–water partition coefficient (Wildman–Crippen LogP) is 2.25. The minimum atomic E-state index is 0.0795. The van der Waals surface area contributed by atoms with Crippen molar-refractivity contribution in [2.45, 2.75) is 31.8 Å². The summed E-state index contributed by atoms with van der Waals surface area (Å²) >= 11 is 0. The smallest absolute Gasteiger partial charge is 0.0233 e. The third-order valence-electron chi connectivity index (χ3n) is 4.67. The number of fused-ring (bicyclic) bond motifs is 1. The molecule has 2 fully saturated rings. The molecule has 0 aromatic heterocycles. The van der Waals surface area contributed by atoms with E-state index in [1.54, 1.807) is 0 Å². The van der Waals surface area contributed by atoms with Gasteiger partial charge in [0.25, 0.3) is 0 Å². The SMILES string of the molecule is CC1(N)CCC2CN(Cc3ccccc3)CC21. The zero-order valence-electron chi connectivity index (χ0n) is 10.6. The van der Waals surface area contributed by atoms with Gasteiger partial charge in [0.15, 0.2) is 0 Å². The van der Waals surface area contributed by atoms with Crippen molar-refractivity contribution in [2.24, 2.45) is 17.6 Å². The normalized spacial score (nSPS) is 37.3. The third kappa shape index (κ3) is 2.12. The van der Waals surface area contributed by atoms with Crippen molar-refractivity contribution in [3.05, 3.63) is 35.9 Å². The van der Waals surface area contributed by atoms with Gasteiger partial charge < -0.3 is 5.73 Å². The van der Waals surface area contributed by atoms with Crippen LogP contribution in [0.1, 0.15) is 25.3 Å². The number of nitrogens with zero attached hydrogens (tertiary/aromatic N) is 1. The lowest BCUT2D eigenvalue weighted by atomic mass is 9.88. The molecule has 1 aliphatic heterocycles. The number of rotatable bonds is 2. The molecule has 3 unspecified atom stereocenters. The highest BCUT2D eigenvalue weighted by Gasteiger charge is 2.47. The lowest BCUT2D eigenvalue weighted by Crippen LogP contribution is -2.42. The lowest BCUT2D eigenvalue weighted by molar-refractivity contribution is 0.270. The Balaban J connectivity index is 1.66. The molecule has 3 atom stereocenters. The highest BCUT2D eigenvalue weighted by atomic mass is 15.2. The Morgan fingerprint density at radius 2 is 2.06 bits per heavy atom. The first-order valence-corrected chi connectivity index (χ1v) is 6.70. The fraction of sp³-hybridized carbons (Fsp3) is 0.600. The molecule has 17 heavy (non-hydrogen) atoms. The van der Waals surface area contributed by atoms with Crippen LogP contribution in [-0.4, -0.2) is 23.5 Å². The molecule has 0 bridgehead atoms. The molecular formula is C15H22N2. The molecule has 1 saturated carbocycles. The van der Waals surface area contributed by atoms with Gasteiger partial charge in [-0.15, -0.1) is 0 Å². The minimum absolute atomic E-state index is 0.0795. The van der Waals surface area contributed by atoms with Gasteiger partial charge in [0.05, 0.1) is 0 Å². The van der Waals surface area contributed by atoms with Gasteiger partial charge in [-0.2, -0.15) is 0 Å². The molecule has 1 aromatic rings. The lowest BCUT2D eigenvalue weighted by Gasteiger charge is -2.27. The van der Waals surface area contributed by atoms with Crippen molar-refractivity contribution < 1.29 is 0 Å². The van der Waals surface area contributed by atoms with Gasteiger partial charge in [0.2, 0.25) is 0 Å². The van der Waals surface area contributed by atoms with Crippen LogP contribution in [0.2, 0.25) is 0 Å². The maximum Gasteiger partial charge on any atom is 0.0233 e. The third-order valence-corrected chi connectivity index (χ3v) is 4.67. The van der Waals surface area contributed by atoms with Crippen LogP contribution >= 0.6 is 0 Å². The molecule has 92 valence electrons. The largest absolute Gasteiger partial charge is 0.325 e. The first-order valence-electron chi connectivity index (χ1n) is 6.70. The van der Waals surface area contributed by atoms with Gasteiger partial charge in [-0.3, -0.25) is 4.90 Å². The van der Waals surface area contributed by atoms with Gasteiger partial charge in [-0.05, 0) is 37.2 Å². The van der Waals surface area contributed by atoms with Crippen molar-refractivity contribution in [3.8, 4) is 0 Å². The predicted molar refractivity (Wildman–Crippen MR) is 70.5 cm³/mol. The van der Waals surface area contributed by atoms with Crippen LogP contribution in [0.4, 0.5) is 0 Å². The van der Waals surface area contributed by atoms with Crippen molar-refractivity contribution in [1.82, 2.24) is 4.90 Å². The Hall–Kier alpha value is -0.860. The minimum Gasteiger partial charge on any atom is -0.325 e. The first kappa shape index (κ1) is 11.2. The van der Waals surface area contributed by atoms with Gasteiger partial charge in [0, 0.05) is 25.2 Å². The maximum absolute atomic E-state index is 6.39. The molecule has 0 amide bonds. The molecule has 2 heteroatoms. The molecule has 1 aromatic carbocycles. The Morgan fingerprint density at radius 1 is 1.29 bits per heavy atom. The van der Waals surface area contributed by atoms with E-state index < -0.39 is 0 Å². The number of nitrogens with two attached hydrogens (primary N) is 1. The van der Waals surface area contributed by atoms with Crippen molar-refractivity contribution in [3.63, 3.8) is 0 Å². The van der Waals surface area contributed by atoms with E-state index in [-0.39, 0.29) is 5.54 Å². The van der Waals surface area contributed by atoms with Crippen LogP contribution in [-0.2, 0) is 6.54 Å². The summed E-state index contributed by atoms with van der Waals surface area (Å²) in [5.41, 5.74) is 7.89. The molecule has 1 saturated heterocycles. The average molecular weight is 230 g/mol. The summed E-state index contributed by atoms with van der Waals surface area (Å²) < 4.78 is 0. The maximum atomic E-state index is 6.39. The van der Waals surface area contributed by atoms with Crippen LogP contribution in [0.5, 0.6) is 0 Å². The second-order valence-corrected chi connectivity index (χ2v) is 6.09. The van der Waals surface area contributed by atoms with Gasteiger partial charge in [0.1, 0.15) is 0 Å². The van der Waals surface area contributed by atoms with Gasteiger partial charge in [-0.1, -0.05) is 30.3 Å². The zero-order valence-corrected chi connectivity index (χ0v) is 10.6. The van der Waals surface area contributed by atoms with E-state index in [4.69, 9.17) is 5.73 Å². The number of benzene rings is 1. The summed E-state index contributed by atoms with van der Waals surface area (Å²) in [6.45, 7) is 5.76. The standard InChI is InChI=1S/C15H22N2/c1-15(16)8-7-13-10-17(11-14(13)15)9-12-5-3-2-4-6-12/h2-6,13-14H,7-11,16H2,1H3. The Labute approximate surface area is 104 Å². The summed E-state index contributed by atoms with van der Waals surface area (Å²) in [4.78, 5) is 2.58. The van der Waals surface area contributed by atoms with Gasteiger partial charge in [-0.25, -0.2) is 0 Å². The van der Waals surface area contributed by atoms with Crippen LogP contribution in [0.15, 0.2) is 30.3 Å². The summed E-state index contributed by atoms with van der Waals surface area (Å²) in [5.74, 6) is 1.56. The van der Waals surface area contributed by atoms with E-state index in [0.717, 1.165) is 12.5 Å². The number of hydrogen-bond donors (Lipinski definition) is 1. The van der Waals surface area contributed by atoms with E-state index >= 15 is 0 Å². The second kappa shape index (κ2) is 4.11. The highest BCUT2D eigenvalue weighted by molar-refractivity contribution is 5.15. The second-order valence-electron chi connectivity index (χ2n) is 6.09. The van der Waals surface area contributed by atoms with Crippen LogP contribution in [0, 0.1) is 11.8 Å². The fourth-order valence-electron chi connectivity index (χ4n) is 3.65. The topological polar surface area (TPSA) is 29.3 Å². The first-order chi connectivity index (χ1) is 8.15. The number of likely N-dealkylation sites (tertiary alicyclic amines) is 1. The van der Waals surface area contributed by atoms with Crippen LogP contribution < -0.4 is 5.73 Å². The Kier molecular flexibility index (Phi) is 2.72. The van der Waals surface area contributed by atoms with Crippen LogP contribution in [0.3, 0.4) is 0 Å². The molecule has 1 heterocycles. The molecule has 2 nitrogen and oxygen atoms in total. The van der Waals surface area contributed by atoms with E-state index in [0.29, 0.717) is 5.92 Å². The molecule has 1 aliphatic carbocycles. The molecule has 0 spiro atoms. The van der Waals surface area contributed by atoms with E-state index in [9.17, 15) is 0 Å². The van der Waals surface area contributed by atoms with Crippen LogP contribution in [0.25, 0.3) is 0 Å².